The van der Waals surface area contributed by atoms with Gasteiger partial charge in [-0.2, -0.15) is 0 Å². The van der Waals surface area contributed by atoms with Crippen LogP contribution in [0.25, 0.3) is 6.08 Å². The Morgan fingerprint density at radius 1 is 0.938 bits per heavy atom. The van der Waals surface area contributed by atoms with Crippen molar-refractivity contribution in [2.75, 3.05) is 27.9 Å². The Morgan fingerprint density at radius 3 is 2.29 bits per heavy atom. The van der Waals surface area contributed by atoms with Crippen LogP contribution in [0.2, 0.25) is 0 Å². The fourth-order valence-corrected chi connectivity index (χ4v) is 6.16. The predicted octanol–water partition coefficient (Wildman–Crippen LogP) is 4.43. The van der Waals surface area contributed by atoms with E-state index in [9.17, 15) is 29.8 Å². The third-order valence-electron chi connectivity index (χ3n) is 7.30. The van der Waals surface area contributed by atoms with Gasteiger partial charge in [-0.05, 0) is 61.9 Å². The van der Waals surface area contributed by atoms with E-state index in [1.54, 1.807) is 50.3 Å². The summed E-state index contributed by atoms with van der Waals surface area (Å²) in [5.41, 5.74) is 0.0460. The fraction of sp³-hybridized carbons (Fsp3) is 0.219. The number of hydrogen-bond acceptors (Lipinski definition) is 13. The van der Waals surface area contributed by atoms with Crippen LogP contribution in [0.5, 0.6) is 28.7 Å². The van der Waals surface area contributed by atoms with Crippen LogP contribution in [0.4, 0.5) is 11.4 Å². The first-order valence-electron chi connectivity index (χ1n) is 14.2. The number of allylic oxidation sites excluding steroid dienone is 1. The van der Waals surface area contributed by atoms with Crippen LogP contribution >= 0.6 is 11.3 Å². The lowest BCUT2D eigenvalue weighted by atomic mass is 9.94. The lowest BCUT2D eigenvalue weighted by Crippen LogP contribution is -2.40. The summed E-state index contributed by atoms with van der Waals surface area (Å²) in [6.07, 6.45) is 1.60. The van der Waals surface area contributed by atoms with E-state index in [2.05, 4.69) is 4.99 Å². The van der Waals surface area contributed by atoms with Crippen molar-refractivity contribution >= 4 is 34.8 Å². The average molecular weight is 677 g/mol. The Bertz CT molecular complexity index is 2170. The maximum Gasteiger partial charge on any atom is 0.338 e. The molecule has 0 saturated carbocycles. The number of carbonyl (C=O) groups is 1. The molecule has 1 aliphatic rings. The minimum atomic E-state index is -0.949. The molecule has 248 valence electrons. The van der Waals surface area contributed by atoms with E-state index in [4.69, 9.17) is 23.7 Å². The van der Waals surface area contributed by atoms with Crippen LogP contribution in [0.15, 0.2) is 75.7 Å². The van der Waals surface area contributed by atoms with Crippen LogP contribution in [0, 0.1) is 20.2 Å². The van der Waals surface area contributed by atoms with Crippen LogP contribution in [0.1, 0.15) is 31.0 Å². The van der Waals surface area contributed by atoms with Gasteiger partial charge in [0.05, 0.1) is 59.7 Å². The molecule has 4 aromatic rings. The molecule has 3 aromatic carbocycles. The number of non-ortho nitro benzene ring substituents is 1. The molecule has 0 bridgehead atoms. The number of ether oxygens (including phenoxy) is 5. The Morgan fingerprint density at radius 2 is 1.65 bits per heavy atom. The molecule has 2 heterocycles. The van der Waals surface area contributed by atoms with Gasteiger partial charge in [-0.25, -0.2) is 9.79 Å². The number of benzene rings is 3. The molecule has 0 saturated heterocycles. The maximum atomic E-state index is 14.1. The third kappa shape index (κ3) is 6.32. The minimum absolute atomic E-state index is 0.0906. The van der Waals surface area contributed by atoms with E-state index in [0.717, 1.165) is 29.5 Å². The molecule has 15 nitrogen and oxygen atoms in total. The van der Waals surface area contributed by atoms with Crippen molar-refractivity contribution in [3.05, 3.63) is 117 Å². The largest absolute Gasteiger partial charge is 0.497 e. The van der Waals surface area contributed by atoms with Gasteiger partial charge in [0.2, 0.25) is 5.75 Å². The molecule has 1 aromatic heterocycles. The second-order valence-corrected chi connectivity index (χ2v) is 11.1. The molecule has 5 rings (SSSR count). The standard InChI is InChI=1S/C32H28N4O11S/c1-6-46-31(38)28-17(2)33-32-34(29(28)21-16-20(43-3)9-12-23(21)44-4)30(37)27(48-32)14-18-7-10-25(26(13-18)45-5)47-24-11-8-19(35(39)40)15-22(24)36(41)42/h7-16,29H,6H2,1-5H3/b27-14-/t29-/m1/s1. The number of esters is 1. The lowest BCUT2D eigenvalue weighted by molar-refractivity contribution is -0.394. The second kappa shape index (κ2) is 13.8. The number of nitro benzene ring substituents is 2. The number of nitro groups is 2. The van der Waals surface area contributed by atoms with E-state index in [1.807, 2.05) is 0 Å². The Labute approximate surface area is 275 Å². The molecule has 0 unspecified atom stereocenters. The first-order valence-corrected chi connectivity index (χ1v) is 15.0. The van der Waals surface area contributed by atoms with Gasteiger partial charge in [0, 0.05) is 11.6 Å². The summed E-state index contributed by atoms with van der Waals surface area (Å²) in [7, 11) is 4.35. The Balaban J connectivity index is 1.61. The highest BCUT2D eigenvalue weighted by atomic mass is 32.1. The second-order valence-electron chi connectivity index (χ2n) is 10.1. The first-order chi connectivity index (χ1) is 23.0. The van der Waals surface area contributed by atoms with Gasteiger partial charge < -0.3 is 23.7 Å². The number of fused-ring (bicyclic) bond motifs is 1. The van der Waals surface area contributed by atoms with E-state index < -0.39 is 38.8 Å². The van der Waals surface area contributed by atoms with Gasteiger partial charge in [-0.15, -0.1) is 0 Å². The summed E-state index contributed by atoms with van der Waals surface area (Å²) in [5.74, 6) is 0.304. The highest BCUT2D eigenvalue weighted by Crippen LogP contribution is 2.39. The molecule has 1 atom stereocenters. The predicted molar refractivity (Wildman–Crippen MR) is 173 cm³/mol. The van der Waals surface area contributed by atoms with Crippen molar-refractivity contribution in [2.24, 2.45) is 4.99 Å². The maximum absolute atomic E-state index is 14.1. The Hall–Kier alpha value is -6.03. The van der Waals surface area contributed by atoms with Crippen molar-refractivity contribution in [3.63, 3.8) is 0 Å². The summed E-state index contributed by atoms with van der Waals surface area (Å²) in [5, 5.41) is 22.7. The quantitative estimate of drug-likeness (QED) is 0.124. The van der Waals surface area contributed by atoms with Crippen molar-refractivity contribution in [2.45, 2.75) is 19.9 Å². The van der Waals surface area contributed by atoms with Crippen molar-refractivity contribution < 1.29 is 38.3 Å². The normalized spacial score (nSPS) is 14.1. The first kappa shape index (κ1) is 33.3. The summed E-state index contributed by atoms with van der Waals surface area (Å²) in [6, 6.07) is 11.8. The molecule has 0 aliphatic carbocycles. The van der Waals surface area contributed by atoms with Gasteiger partial charge in [0.25, 0.3) is 11.2 Å². The third-order valence-corrected chi connectivity index (χ3v) is 8.29. The van der Waals surface area contributed by atoms with E-state index in [-0.39, 0.29) is 34.0 Å². The SMILES string of the molecule is CCOC(=O)C1=C(C)N=c2s/c(=C\c3ccc(Oc4ccc([N+](=O)[O-])cc4[N+](=O)[O-])c(OC)c3)c(=O)n2[C@@H]1c1cc(OC)ccc1OC. The van der Waals surface area contributed by atoms with E-state index in [1.165, 1.54) is 32.0 Å². The Kier molecular flexibility index (Phi) is 9.56. The van der Waals surface area contributed by atoms with Crippen molar-refractivity contribution in [1.29, 1.82) is 0 Å². The van der Waals surface area contributed by atoms with Gasteiger partial charge in [-0.1, -0.05) is 17.4 Å². The summed E-state index contributed by atoms with van der Waals surface area (Å²) in [6.45, 7) is 3.46. The number of thiazole rings is 1. The number of aromatic nitrogens is 1. The molecule has 0 amide bonds. The summed E-state index contributed by atoms with van der Waals surface area (Å²) >= 11 is 1.11. The summed E-state index contributed by atoms with van der Waals surface area (Å²) in [4.78, 5) is 53.5. The van der Waals surface area contributed by atoms with Gasteiger partial charge >= 0.3 is 11.7 Å². The topological polar surface area (TPSA) is 184 Å². The molecule has 48 heavy (non-hydrogen) atoms. The zero-order valence-corrected chi connectivity index (χ0v) is 27.1. The van der Waals surface area contributed by atoms with E-state index in [0.29, 0.717) is 33.1 Å². The van der Waals surface area contributed by atoms with Crippen LogP contribution in [-0.2, 0) is 9.53 Å². The zero-order chi connectivity index (χ0) is 34.7. The molecular weight excluding hydrogens is 648 g/mol. The number of methoxy groups -OCH3 is 3. The minimum Gasteiger partial charge on any atom is -0.497 e. The highest BCUT2D eigenvalue weighted by molar-refractivity contribution is 7.07. The monoisotopic (exact) mass is 676 g/mol. The number of hydrogen-bond donors (Lipinski definition) is 0. The molecule has 0 radical (unpaired) electrons. The highest BCUT2D eigenvalue weighted by Gasteiger charge is 2.35. The molecular formula is C32H28N4O11S. The van der Waals surface area contributed by atoms with E-state index >= 15 is 0 Å². The van der Waals surface area contributed by atoms with Crippen molar-refractivity contribution in [3.8, 4) is 28.7 Å². The molecule has 16 heteroatoms. The van der Waals surface area contributed by atoms with Crippen molar-refractivity contribution in [1.82, 2.24) is 4.57 Å². The summed E-state index contributed by atoms with van der Waals surface area (Å²) < 4.78 is 29.3. The average Bonchev–Trinajstić information content (AvgIpc) is 3.37. The van der Waals surface area contributed by atoms with Crippen LogP contribution in [-0.4, -0.2) is 48.3 Å². The fourth-order valence-electron chi connectivity index (χ4n) is 5.12. The molecule has 1 aliphatic heterocycles. The molecule has 0 fully saturated rings. The van der Waals surface area contributed by atoms with Gasteiger partial charge in [0.15, 0.2) is 16.3 Å². The van der Waals surface area contributed by atoms with Gasteiger partial charge in [-0.3, -0.25) is 29.6 Å². The lowest BCUT2D eigenvalue weighted by Gasteiger charge is -2.26. The molecule has 0 spiro atoms. The van der Waals surface area contributed by atoms with Crippen LogP contribution in [0.3, 0.4) is 0 Å². The smallest absolute Gasteiger partial charge is 0.338 e. The molecule has 0 N–H and O–H groups in total. The number of rotatable bonds is 11. The zero-order valence-electron chi connectivity index (χ0n) is 26.2. The van der Waals surface area contributed by atoms with Gasteiger partial charge in [0.1, 0.15) is 17.5 Å². The van der Waals surface area contributed by atoms with Crippen LogP contribution < -0.4 is 33.8 Å². The number of nitrogens with zero attached hydrogens (tertiary/aromatic N) is 4. The number of carbonyl (C=O) groups excluding carboxylic acids is 1.